The lowest BCUT2D eigenvalue weighted by atomic mass is 10.2. The van der Waals surface area contributed by atoms with Gasteiger partial charge >= 0.3 is 0 Å². The second-order valence-electron chi connectivity index (χ2n) is 6.46. The monoisotopic (exact) mass is 408 g/mol. The topological polar surface area (TPSA) is 46.0 Å². The van der Waals surface area contributed by atoms with E-state index >= 15 is 0 Å². The average molecular weight is 409 g/mol. The molecule has 1 saturated heterocycles. The first kappa shape index (κ1) is 19.8. The van der Waals surface area contributed by atoms with Gasteiger partial charge in [-0.05, 0) is 31.2 Å². The molecule has 2 aromatic rings. The quantitative estimate of drug-likeness (QED) is 0.772. The summed E-state index contributed by atoms with van der Waals surface area (Å²) in [5.74, 6) is 0.856. The Kier molecular flexibility index (Phi) is 6.83. The fourth-order valence-electron chi connectivity index (χ4n) is 3.26. The minimum atomic E-state index is -0.0580. The number of hydrogen-bond donors (Lipinski definition) is 2. The minimum absolute atomic E-state index is 0.0580. The zero-order chi connectivity index (χ0) is 19.2. The van der Waals surface area contributed by atoms with Crippen molar-refractivity contribution in [3.8, 4) is 5.75 Å². The first-order valence-electron chi connectivity index (χ1n) is 9.12. The van der Waals surface area contributed by atoms with E-state index in [0.29, 0.717) is 28.9 Å². The highest BCUT2D eigenvalue weighted by Crippen LogP contribution is 2.29. The maximum absolute atomic E-state index is 12.4. The van der Waals surface area contributed by atoms with E-state index in [9.17, 15) is 4.79 Å². The summed E-state index contributed by atoms with van der Waals surface area (Å²) in [7, 11) is 0. The molecule has 1 heterocycles. The van der Waals surface area contributed by atoms with E-state index in [1.165, 1.54) is 4.90 Å². The summed E-state index contributed by atoms with van der Waals surface area (Å²) in [6.07, 6.45) is 0. The Bertz CT molecular complexity index is 793. The van der Waals surface area contributed by atoms with E-state index in [0.717, 1.165) is 37.6 Å². The van der Waals surface area contributed by atoms with Crippen LogP contribution in [0.2, 0.25) is 10.0 Å². The molecule has 1 aliphatic heterocycles. The lowest BCUT2D eigenvalue weighted by Crippen LogP contribution is -3.15. The van der Waals surface area contributed by atoms with Crippen LogP contribution in [0.1, 0.15) is 6.92 Å². The molecule has 0 bridgehead atoms. The highest BCUT2D eigenvalue weighted by atomic mass is 35.5. The fraction of sp³-hybridized carbons (Fsp3) is 0.350. The molecule has 0 aromatic heterocycles. The summed E-state index contributed by atoms with van der Waals surface area (Å²) < 4.78 is 5.73. The Labute approximate surface area is 169 Å². The number of benzene rings is 2. The number of ether oxygens (including phenoxy) is 1. The molecule has 27 heavy (non-hydrogen) atoms. The van der Waals surface area contributed by atoms with Gasteiger partial charge in [0.15, 0.2) is 6.54 Å². The van der Waals surface area contributed by atoms with Crippen molar-refractivity contribution >= 4 is 40.5 Å². The maximum atomic E-state index is 12.4. The number of amides is 1. The van der Waals surface area contributed by atoms with Crippen molar-refractivity contribution < 1.29 is 14.4 Å². The zero-order valence-corrected chi connectivity index (χ0v) is 16.8. The van der Waals surface area contributed by atoms with Crippen LogP contribution < -0.4 is 19.9 Å². The predicted molar refractivity (Wildman–Crippen MR) is 110 cm³/mol. The largest absolute Gasteiger partial charge is 0.492 e. The van der Waals surface area contributed by atoms with Crippen LogP contribution in [0.25, 0.3) is 0 Å². The van der Waals surface area contributed by atoms with Crippen LogP contribution in [0, 0.1) is 0 Å². The van der Waals surface area contributed by atoms with E-state index in [4.69, 9.17) is 27.9 Å². The molecule has 1 aliphatic rings. The zero-order valence-electron chi connectivity index (χ0n) is 15.3. The fourth-order valence-corrected chi connectivity index (χ4v) is 3.61. The Hall–Kier alpha value is -1.95. The molecule has 0 atom stereocenters. The molecular weight excluding hydrogens is 385 g/mol. The summed E-state index contributed by atoms with van der Waals surface area (Å²) in [5.41, 5.74) is 1.67. The van der Waals surface area contributed by atoms with E-state index in [2.05, 4.69) is 16.3 Å². The molecule has 144 valence electrons. The van der Waals surface area contributed by atoms with Crippen molar-refractivity contribution in [2.75, 3.05) is 49.5 Å². The molecule has 5 nitrogen and oxygen atoms in total. The van der Waals surface area contributed by atoms with Gasteiger partial charge in [0.2, 0.25) is 0 Å². The van der Waals surface area contributed by atoms with Crippen LogP contribution in [-0.4, -0.2) is 45.2 Å². The van der Waals surface area contributed by atoms with Gasteiger partial charge in [0.25, 0.3) is 5.91 Å². The number of nitrogens with zero attached hydrogens (tertiary/aromatic N) is 1. The van der Waals surface area contributed by atoms with Crippen molar-refractivity contribution in [2.24, 2.45) is 0 Å². The normalized spacial score (nSPS) is 14.9. The van der Waals surface area contributed by atoms with Gasteiger partial charge in [0.1, 0.15) is 5.75 Å². The van der Waals surface area contributed by atoms with Gasteiger partial charge in [-0.2, -0.15) is 0 Å². The lowest BCUT2D eigenvalue weighted by molar-refractivity contribution is -0.892. The van der Waals surface area contributed by atoms with Gasteiger partial charge < -0.3 is 19.9 Å². The summed E-state index contributed by atoms with van der Waals surface area (Å²) in [4.78, 5) is 15.9. The third kappa shape index (κ3) is 5.06. The molecular formula is C20H24Cl2N3O2+. The molecule has 7 heteroatoms. The van der Waals surface area contributed by atoms with E-state index < -0.39 is 0 Å². The van der Waals surface area contributed by atoms with Crippen LogP contribution in [0.15, 0.2) is 42.5 Å². The Morgan fingerprint density at radius 2 is 1.89 bits per heavy atom. The second-order valence-corrected chi connectivity index (χ2v) is 7.25. The number of nitrogens with one attached hydrogen (secondary N) is 2. The summed E-state index contributed by atoms with van der Waals surface area (Å²) >= 11 is 12.1. The molecule has 1 amide bonds. The molecule has 0 radical (unpaired) electrons. The SMILES string of the molecule is CCOc1ccccc1N1CC[NH+](CC(=O)Nc2cccc(Cl)c2Cl)CC1. The lowest BCUT2D eigenvalue weighted by Gasteiger charge is -2.34. The third-order valence-electron chi connectivity index (χ3n) is 4.61. The van der Waals surface area contributed by atoms with Crippen molar-refractivity contribution in [2.45, 2.75) is 6.92 Å². The predicted octanol–water partition coefficient (Wildman–Crippen LogP) is 2.74. The van der Waals surface area contributed by atoms with Gasteiger partial charge in [-0.25, -0.2) is 0 Å². The summed E-state index contributed by atoms with van der Waals surface area (Å²) in [6.45, 7) is 6.57. The summed E-state index contributed by atoms with van der Waals surface area (Å²) in [5, 5.41) is 3.67. The molecule has 0 saturated carbocycles. The van der Waals surface area contributed by atoms with Gasteiger partial charge in [-0.3, -0.25) is 4.79 Å². The first-order chi connectivity index (χ1) is 13.1. The van der Waals surface area contributed by atoms with E-state index in [1.54, 1.807) is 18.2 Å². The van der Waals surface area contributed by atoms with Gasteiger partial charge in [-0.1, -0.05) is 41.4 Å². The Balaban J connectivity index is 1.54. The summed E-state index contributed by atoms with van der Waals surface area (Å²) in [6, 6.07) is 13.3. The molecule has 3 rings (SSSR count). The van der Waals surface area contributed by atoms with Crippen LogP contribution in [0.4, 0.5) is 11.4 Å². The van der Waals surface area contributed by atoms with Crippen LogP contribution in [-0.2, 0) is 4.79 Å². The average Bonchev–Trinajstić information content (AvgIpc) is 2.67. The standard InChI is InChI=1S/C20H23Cl2N3O2/c1-2-27-18-9-4-3-8-17(18)25-12-10-24(11-13-25)14-19(26)23-16-7-5-6-15(21)20(16)22/h3-9H,2,10-14H2,1H3,(H,23,26)/p+1. The number of carbonyl (C=O) groups excluding carboxylic acids is 1. The number of hydrogen-bond acceptors (Lipinski definition) is 3. The molecule has 0 unspecified atom stereocenters. The van der Waals surface area contributed by atoms with E-state index in [-0.39, 0.29) is 5.91 Å². The number of piperazine rings is 1. The molecule has 2 N–H and O–H groups in total. The van der Waals surface area contributed by atoms with Crippen LogP contribution in [0.5, 0.6) is 5.75 Å². The van der Waals surface area contributed by atoms with Gasteiger partial charge in [0.05, 0.1) is 54.2 Å². The molecule has 2 aromatic carbocycles. The van der Waals surface area contributed by atoms with Crippen molar-refractivity contribution in [1.29, 1.82) is 0 Å². The second kappa shape index (κ2) is 9.31. The number of rotatable bonds is 6. The smallest absolute Gasteiger partial charge is 0.279 e. The van der Waals surface area contributed by atoms with Crippen molar-refractivity contribution in [3.05, 3.63) is 52.5 Å². The van der Waals surface area contributed by atoms with Gasteiger partial charge in [0, 0.05) is 0 Å². The third-order valence-corrected chi connectivity index (χ3v) is 5.43. The number of carbonyl (C=O) groups is 1. The Morgan fingerprint density at radius 1 is 1.15 bits per heavy atom. The van der Waals surface area contributed by atoms with Crippen molar-refractivity contribution in [1.82, 2.24) is 0 Å². The molecule has 0 spiro atoms. The maximum Gasteiger partial charge on any atom is 0.279 e. The molecule has 1 fully saturated rings. The van der Waals surface area contributed by atoms with Crippen LogP contribution in [0.3, 0.4) is 0 Å². The number of anilines is 2. The first-order valence-corrected chi connectivity index (χ1v) is 9.88. The van der Waals surface area contributed by atoms with E-state index in [1.807, 2.05) is 25.1 Å². The number of quaternary nitrogens is 1. The van der Waals surface area contributed by atoms with Crippen LogP contribution >= 0.6 is 23.2 Å². The minimum Gasteiger partial charge on any atom is -0.492 e. The van der Waals surface area contributed by atoms with Gasteiger partial charge in [-0.15, -0.1) is 0 Å². The van der Waals surface area contributed by atoms with Crippen molar-refractivity contribution in [3.63, 3.8) is 0 Å². The molecule has 0 aliphatic carbocycles. The highest BCUT2D eigenvalue weighted by molar-refractivity contribution is 6.43. The highest BCUT2D eigenvalue weighted by Gasteiger charge is 2.24. The number of halogens is 2. The number of para-hydroxylation sites is 2. The Morgan fingerprint density at radius 3 is 2.63 bits per heavy atom.